The Morgan fingerprint density at radius 2 is 1.80 bits per heavy atom. The molecular weight excluding hydrogens is 312 g/mol. The maximum absolute atomic E-state index is 12.3. The SMILES string of the molecule is CCc1ccccc1NC(=O)CN(C)Cc1cc(C)c(OC)c(C)c1. The van der Waals surface area contributed by atoms with Crippen LogP contribution >= 0.6 is 0 Å². The van der Waals surface area contributed by atoms with E-state index in [1.165, 1.54) is 5.56 Å². The van der Waals surface area contributed by atoms with Crippen molar-refractivity contribution in [3.05, 3.63) is 58.7 Å². The molecule has 0 heterocycles. The fourth-order valence-corrected chi connectivity index (χ4v) is 3.21. The van der Waals surface area contributed by atoms with E-state index in [9.17, 15) is 4.79 Å². The summed E-state index contributed by atoms with van der Waals surface area (Å²) in [6, 6.07) is 12.2. The Labute approximate surface area is 150 Å². The van der Waals surface area contributed by atoms with Crippen molar-refractivity contribution in [2.75, 3.05) is 26.0 Å². The van der Waals surface area contributed by atoms with Gasteiger partial charge in [0.15, 0.2) is 0 Å². The molecule has 0 atom stereocenters. The van der Waals surface area contributed by atoms with E-state index in [0.29, 0.717) is 13.1 Å². The zero-order chi connectivity index (χ0) is 18.4. The molecule has 4 nitrogen and oxygen atoms in total. The van der Waals surface area contributed by atoms with Crippen molar-refractivity contribution >= 4 is 11.6 Å². The summed E-state index contributed by atoms with van der Waals surface area (Å²) in [6.45, 7) is 7.25. The molecule has 0 fully saturated rings. The van der Waals surface area contributed by atoms with Crippen LogP contribution in [-0.4, -0.2) is 31.5 Å². The highest BCUT2D eigenvalue weighted by atomic mass is 16.5. The van der Waals surface area contributed by atoms with Crippen LogP contribution in [0, 0.1) is 13.8 Å². The zero-order valence-electron chi connectivity index (χ0n) is 15.8. The molecule has 2 aromatic rings. The number of nitrogens with zero attached hydrogens (tertiary/aromatic N) is 1. The molecule has 0 saturated heterocycles. The number of amides is 1. The number of carbonyl (C=O) groups excluding carboxylic acids is 1. The average molecular weight is 340 g/mol. The summed E-state index contributed by atoms with van der Waals surface area (Å²) in [6.07, 6.45) is 0.899. The number of ether oxygens (including phenoxy) is 1. The number of benzene rings is 2. The lowest BCUT2D eigenvalue weighted by Gasteiger charge is -2.19. The predicted octanol–water partition coefficient (Wildman–Crippen LogP) is 3.94. The molecule has 1 amide bonds. The van der Waals surface area contributed by atoms with Gasteiger partial charge in [-0.25, -0.2) is 0 Å². The van der Waals surface area contributed by atoms with E-state index >= 15 is 0 Å². The number of methoxy groups -OCH3 is 1. The molecule has 0 radical (unpaired) electrons. The van der Waals surface area contributed by atoms with E-state index in [1.807, 2.05) is 50.1 Å². The molecule has 0 bridgehead atoms. The van der Waals surface area contributed by atoms with Crippen molar-refractivity contribution in [3.63, 3.8) is 0 Å². The molecule has 2 aromatic carbocycles. The van der Waals surface area contributed by atoms with Gasteiger partial charge in [0.05, 0.1) is 13.7 Å². The highest BCUT2D eigenvalue weighted by Gasteiger charge is 2.11. The first-order valence-corrected chi connectivity index (χ1v) is 8.65. The minimum atomic E-state index is 0.00496. The predicted molar refractivity (Wildman–Crippen MR) is 103 cm³/mol. The van der Waals surface area contributed by atoms with Crippen LogP contribution in [0.15, 0.2) is 36.4 Å². The lowest BCUT2D eigenvalue weighted by molar-refractivity contribution is -0.117. The molecule has 2 rings (SSSR count). The van der Waals surface area contributed by atoms with Gasteiger partial charge in [0.25, 0.3) is 0 Å². The summed E-state index contributed by atoms with van der Waals surface area (Å²) in [4.78, 5) is 14.4. The Kier molecular flexibility index (Phi) is 6.59. The molecule has 4 heteroatoms. The van der Waals surface area contributed by atoms with E-state index in [1.54, 1.807) is 7.11 Å². The van der Waals surface area contributed by atoms with Crippen molar-refractivity contribution in [1.29, 1.82) is 0 Å². The number of anilines is 1. The summed E-state index contributed by atoms with van der Waals surface area (Å²) >= 11 is 0. The van der Waals surface area contributed by atoms with Crippen LogP contribution in [0.2, 0.25) is 0 Å². The Balaban J connectivity index is 1.98. The van der Waals surface area contributed by atoms with Crippen molar-refractivity contribution in [2.45, 2.75) is 33.7 Å². The summed E-state index contributed by atoms with van der Waals surface area (Å²) < 4.78 is 5.41. The van der Waals surface area contributed by atoms with Crippen molar-refractivity contribution in [2.24, 2.45) is 0 Å². The third kappa shape index (κ3) is 5.07. The van der Waals surface area contributed by atoms with Crippen LogP contribution in [0.4, 0.5) is 5.69 Å². The van der Waals surface area contributed by atoms with Crippen LogP contribution in [0.25, 0.3) is 0 Å². The second-order valence-corrected chi connectivity index (χ2v) is 6.49. The largest absolute Gasteiger partial charge is 0.496 e. The second kappa shape index (κ2) is 8.67. The van der Waals surface area contributed by atoms with Gasteiger partial charge in [-0.1, -0.05) is 37.3 Å². The molecule has 0 aliphatic carbocycles. The van der Waals surface area contributed by atoms with E-state index < -0.39 is 0 Å². The third-order valence-corrected chi connectivity index (χ3v) is 4.26. The molecule has 0 spiro atoms. The third-order valence-electron chi connectivity index (χ3n) is 4.26. The van der Waals surface area contributed by atoms with E-state index in [2.05, 4.69) is 24.4 Å². The maximum Gasteiger partial charge on any atom is 0.238 e. The van der Waals surface area contributed by atoms with Gasteiger partial charge in [0.1, 0.15) is 5.75 Å². The summed E-state index contributed by atoms with van der Waals surface area (Å²) in [5.41, 5.74) is 5.47. The monoisotopic (exact) mass is 340 g/mol. The summed E-state index contributed by atoms with van der Waals surface area (Å²) in [5, 5.41) is 3.02. The standard InChI is InChI=1S/C21H28N2O2/c1-6-18-9-7-8-10-19(18)22-20(24)14-23(4)13-17-11-15(2)21(25-5)16(3)12-17/h7-12H,6,13-14H2,1-5H3,(H,22,24). The fourth-order valence-electron chi connectivity index (χ4n) is 3.21. The zero-order valence-corrected chi connectivity index (χ0v) is 15.8. The highest BCUT2D eigenvalue weighted by molar-refractivity contribution is 5.92. The second-order valence-electron chi connectivity index (χ2n) is 6.49. The van der Waals surface area contributed by atoms with E-state index in [-0.39, 0.29) is 5.91 Å². The van der Waals surface area contributed by atoms with Gasteiger partial charge in [-0.3, -0.25) is 9.69 Å². The minimum absolute atomic E-state index is 0.00496. The number of para-hydroxylation sites is 1. The minimum Gasteiger partial charge on any atom is -0.496 e. The molecule has 0 unspecified atom stereocenters. The molecule has 0 aromatic heterocycles. The molecular formula is C21H28N2O2. The molecule has 1 N–H and O–H groups in total. The Hall–Kier alpha value is -2.33. The number of likely N-dealkylation sites (N-methyl/N-ethyl adjacent to an activating group) is 1. The average Bonchev–Trinajstić information content (AvgIpc) is 2.54. The first-order chi connectivity index (χ1) is 11.9. The molecule has 25 heavy (non-hydrogen) atoms. The first kappa shape index (κ1) is 19.0. The van der Waals surface area contributed by atoms with Gasteiger partial charge >= 0.3 is 0 Å². The van der Waals surface area contributed by atoms with E-state index in [4.69, 9.17) is 4.74 Å². The highest BCUT2D eigenvalue weighted by Crippen LogP contribution is 2.24. The molecule has 0 aliphatic heterocycles. The number of hydrogen-bond donors (Lipinski definition) is 1. The summed E-state index contributed by atoms with van der Waals surface area (Å²) in [5.74, 6) is 0.936. The molecule has 134 valence electrons. The number of nitrogens with one attached hydrogen (secondary N) is 1. The Morgan fingerprint density at radius 3 is 2.40 bits per heavy atom. The van der Waals surface area contributed by atoms with Crippen LogP contribution in [0.5, 0.6) is 5.75 Å². The Bertz CT molecular complexity index is 717. The van der Waals surface area contributed by atoms with Gasteiger partial charge in [-0.15, -0.1) is 0 Å². The number of rotatable bonds is 7. The van der Waals surface area contributed by atoms with Crippen LogP contribution in [-0.2, 0) is 17.8 Å². The number of aryl methyl sites for hydroxylation is 3. The van der Waals surface area contributed by atoms with Crippen LogP contribution < -0.4 is 10.1 Å². The first-order valence-electron chi connectivity index (χ1n) is 8.65. The van der Waals surface area contributed by atoms with Crippen molar-refractivity contribution in [3.8, 4) is 5.75 Å². The Morgan fingerprint density at radius 1 is 1.16 bits per heavy atom. The fraction of sp³-hybridized carbons (Fsp3) is 0.381. The number of hydrogen-bond acceptors (Lipinski definition) is 3. The lowest BCUT2D eigenvalue weighted by atomic mass is 10.1. The smallest absolute Gasteiger partial charge is 0.238 e. The maximum atomic E-state index is 12.3. The van der Waals surface area contributed by atoms with Gasteiger partial charge in [0, 0.05) is 12.2 Å². The van der Waals surface area contributed by atoms with E-state index in [0.717, 1.165) is 34.5 Å². The molecule has 0 aliphatic rings. The topological polar surface area (TPSA) is 41.6 Å². The normalized spacial score (nSPS) is 10.8. The molecule has 0 saturated carbocycles. The van der Waals surface area contributed by atoms with Gasteiger partial charge in [0.2, 0.25) is 5.91 Å². The lowest BCUT2D eigenvalue weighted by Crippen LogP contribution is -2.30. The van der Waals surface area contributed by atoms with Crippen LogP contribution in [0.1, 0.15) is 29.2 Å². The summed E-state index contributed by atoms with van der Waals surface area (Å²) in [7, 11) is 3.65. The van der Waals surface area contributed by atoms with Gasteiger partial charge in [-0.05, 0) is 55.6 Å². The number of carbonyl (C=O) groups is 1. The quantitative estimate of drug-likeness (QED) is 0.830. The van der Waals surface area contributed by atoms with Gasteiger partial charge in [-0.2, -0.15) is 0 Å². The van der Waals surface area contributed by atoms with Crippen molar-refractivity contribution in [1.82, 2.24) is 4.90 Å². The van der Waals surface area contributed by atoms with Gasteiger partial charge < -0.3 is 10.1 Å². The van der Waals surface area contributed by atoms with Crippen LogP contribution in [0.3, 0.4) is 0 Å². The van der Waals surface area contributed by atoms with Crippen molar-refractivity contribution < 1.29 is 9.53 Å².